The minimum atomic E-state index is -5.00. The number of aliphatic hydroxyl groups is 1. The maximum atomic E-state index is 14.2. The monoisotopic (exact) mass is 444 g/mol. The first-order valence-electron chi connectivity index (χ1n) is 9.17. The molecule has 0 radical (unpaired) electrons. The molecule has 0 spiro atoms. The largest absolute Gasteiger partial charge is 0.418 e. The molecule has 0 bridgehead atoms. The summed E-state index contributed by atoms with van der Waals surface area (Å²) >= 11 is 1.32. The summed E-state index contributed by atoms with van der Waals surface area (Å²) in [4.78, 5) is 4.30. The molecule has 9 heteroatoms. The molecule has 1 heterocycles. The Labute approximate surface area is 174 Å². The average Bonchev–Trinajstić information content (AvgIpc) is 3.01. The zero-order valence-electron chi connectivity index (χ0n) is 16.6. The number of benzene rings is 2. The van der Waals surface area contributed by atoms with Gasteiger partial charge in [-0.25, -0.2) is 13.8 Å². The van der Waals surface area contributed by atoms with Gasteiger partial charge in [0.05, 0.1) is 27.5 Å². The summed E-state index contributed by atoms with van der Waals surface area (Å²) in [5.74, 6) is -1.59. The number of hydrogen-bond acceptors (Lipinski definition) is 4. The molecule has 0 saturated carbocycles. The fourth-order valence-corrected chi connectivity index (χ4v) is 4.45. The van der Waals surface area contributed by atoms with Crippen molar-refractivity contribution in [1.82, 2.24) is 4.98 Å². The third kappa shape index (κ3) is 4.41. The Morgan fingerprint density at radius 1 is 1.10 bits per heavy atom. The number of aromatic nitrogens is 1. The molecule has 0 aliphatic heterocycles. The summed E-state index contributed by atoms with van der Waals surface area (Å²) in [6.45, 7) is 3.62. The standard InChI is InChI=1S/C21H21F5N2OS/c1-12-28-17-6-4-5-16(18(17)30-12)27-11-20(29,21(24,25)26)10-19(2,3)14-9-13(22)7-8-15(14)23/h4-9,27,29H,10-11H2,1-3H3. The number of nitrogens with zero attached hydrogens (tertiary/aromatic N) is 1. The van der Waals surface area contributed by atoms with E-state index in [2.05, 4.69) is 10.3 Å². The number of thiazole rings is 1. The summed E-state index contributed by atoms with van der Waals surface area (Å²) < 4.78 is 70.1. The minimum absolute atomic E-state index is 0.231. The second-order valence-electron chi connectivity index (χ2n) is 7.95. The molecule has 30 heavy (non-hydrogen) atoms. The third-order valence-electron chi connectivity index (χ3n) is 5.01. The van der Waals surface area contributed by atoms with Crippen LogP contribution in [0.4, 0.5) is 27.6 Å². The van der Waals surface area contributed by atoms with Gasteiger partial charge < -0.3 is 10.4 Å². The van der Waals surface area contributed by atoms with Gasteiger partial charge in [0.2, 0.25) is 0 Å². The lowest BCUT2D eigenvalue weighted by Crippen LogP contribution is -2.53. The van der Waals surface area contributed by atoms with E-state index in [1.54, 1.807) is 25.1 Å². The highest BCUT2D eigenvalue weighted by molar-refractivity contribution is 7.19. The van der Waals surface area contributed by atoms with Crippen LogP contribution in [0.3, 0.4) is 0 Å². The summed E-state index contributed by atoms with van der Waals surface area (Å²) in [5.41, 5.74) is -3.86. The van der Waals surface area contributed by atoms with E-state index in [9.17, 15) is 27.1 Å². The SMILES string of the molecule is Cc1nc2cccc(NCC(O)(CC(C)(C)c3cc(F)ccc3F)C(F)(F)F)c2s1. The molecule has 2 N–H and O–H groups in total. The Morgan fingerprint density at radius 3 is 2.47 bits per heavy atom. The quantitative estimate of drug-likeness (QED) is 0.462. The highest BCUT2D eigenvalue weighted by atomic mass is 32.1. The second kappa shape index (κ2) is 7.77. The van der Waals surface area contributed by atoms with E-state index in [-0.39, 0.29) is 5.56 Å². The molecule has 0 aliphatic carbocycles. The van der Waals surface area contributed by atoms with Crippen molar-refractivity contribution >= 4 is 27.2 Å². The van der Waals surface area contributed by atoms with Crippen LogP contribution in [0, 0.1) is 18.6 Å². The van der Waals surface area contributed by atoms with E-state index in [1.807, 2.05) is 0 Å². The number of alkyl halides is 3. The van der Waals surface area contributed by atoms with Crippen LogP contribution in [0.1, 0.15) is 30.8 Å². The molecule has 0 amide bonds. The average molecular weight is 444 g/mol. The lowest BCUT2D eigenvalue weighted by molar-refractivity contribution is -0.260. The normalized spacial score (nSPS) is 14.7. The van der Waals surface area contributed by atoms with E-state index in [4.69, 9.17) is 0 Å². The summed E-state index contributed by atoms with van der Waals surface area (Å²) in [6.07, 6.45) is -5.87. The Balaban J connectivity index is 1.91. The first-order chi connectivity index (χ1) is 13.8. The zero-order chi connectivity index (χ0) is 22.3. The van der Waals surface area contributed by atoms with E-state index in [0.29, 0.717) is 15.9 Å². The predicted molar refractivity (Wildman–Crippen MR) is 108 cm³/mol. The van der Waals surface area contributed by atoms with Crippen LogP contribution in [-0.4, -0.2) is 28.4 Å². The molecule has 0 saturated heterocycles. The molecule has 1 unspecified atom stereocenters. The van der Waals surface area contributed by atoms with Gasteiger partial charge in [-0.1, -0.05) is 19.9 Å². The maximum Gasteiger partial charge on any atom is 0.418 e. The predicted octanol–water partition coefficient (Wildman–Crippen LogP) is 5.96. The topological polar surface area (TPSA) is 45.2 Å². The third-order valence-corrected chi connectivity index (χ3v) is 6.03. The van der Waals surface area contributed by atoms with Gasteiger partial charge in [-0.05, 0) is 54.7 Å². The summed E-state index contributed by atoms with van der Waals surface area (Å²) in [7, 11) is 0. The summed E-state index contributed by atoms with van der Waals surface area (Å²) in [6, 6.07) is 7.63. The van der Waals surface area contributed by atoms with E-state index in [1.165, 1.54) is 25.2 Å². The minimum Gasteiger partial charge on any atom is -0.381 e. The van der Waals surface area contributed by atoms with E-state index >= 15 is 0 Å². The van der Waals surface area contributed by atoms with Gasteiger partial charge in [-0.3, -0.25) is 0 Å². The first kappa shape index (κ1) is 22.4. The Hall–Kier alpha value is -2.26. The van der Waals surface area contributed by atoms with Crippen LogP contribution in [0.5, 0.6) is 0 Å². The lowest BCUT2D eigenvalue weighted by atomic mass is 9.74. The van der Waals surface area contributed by atoms with Gasteiger partial charge in [0.25, 0.3) is 0 Å². The van der Waals surface area contributed by atoms with Crippen molar-refractivity contribution in [2.24, 2.45) is 0 Å². The van der Waals surface area contributed by atoms with Gasteiger partial charge in [0, 0.05) is 0 Å². The van der Waals surface area contributed by atoms with E-state index < -0.39 is 41.8 Å². The molecule has 2 aromatic carbocycles. The van der Waals surface area contributed by atoms with Crippen LogP contribution in [-0.2, 0) is 5.41 Å². The fraction of sp³-hybridized carbons (Fsp3) is 0.381. The van der Waals surface area contributed by atoms with Crippen LogP contribution in [0.25, 0.3) is 10.2 Å². The molecule has 3 rings (SSSR count). The van der Waals surface area contributed by atoms with Crippen LogP contribution < -0.4 is 5.32 Å². The molecule has 1 aromatic heterocycles. The fourth-order valence-electron chi connectivity index (χ4n) is 3.55. The Bertz CT molecular complexity index is 1060. The second-order valence-corrected chi connectivity index (χ2v) is 9.16. The number of fused-ring (bicyclic) bond motifs is 1. The molecule has 0 fully saturated rings. The van der Waals surface area contributed by atoms with Gasteiger partial charge in [0.1, 0.15) is 11.6 Å². The first-order valence-corrected chi connectivity index (χ1v) is 9.99. The smallest absolute Gasteiger partial charge is 0.381 e. The van der Waals surface area contributed by atoms with Crippen molar-refractivity contribution in [2.45, 2.75) is 44.4 Å². The Morgan fingerprint density at radius 2 is 1.80 bits per heavy atom. The lowest BCUT2D eigenvalue weighted by Gasteiger charge is -2.38. The number of halogens is 5. The molecular weight excluding hydrogens is 423 g/mol. The highest BCUT2D eigenvalue weighted by Crippen LogP contribution is 2.42. The van der Waals surface area contributed by atoms with Crippen molar-refractivity contribution < 1.29 is 27.1 Å². The van der Waals surface area contributed by atoms with Crippen molar-refractivity contribution in [1.29, 1.82) is 0 Å². The van der Waals surface area contributed by atoms with Gasteiger partial charge in [0.15, 0.2) is 5.60 Å². The number of hydrogen-bond donors (Lipinski definition) is 2. The molecule has 0 aliphatic rings. The Kier molecular flexibility index (Phi) is 5.81. The van der Waals surface area contributed by atoms with Crippen LogP contribution in [0.15, 0.2) is 36.4 Å². The maximum absolute atomic E-state index is 14.2. The molecular formula is C21H21F5N2OS. The molecule has 162 valence electrons. The summed E-state index contributed by atoms with van der Waals surface area (Å²) in [5, 5.41) is 14.1. The molecule has 3 aromatic rings. The van der Waals surface area contributed by atoms with Crippen LogP contribution >= 0.6 is 11.3 Å². The van der Waals surface area contributed by atoms with Crippen LogP contribution in [0.2, 0.25) is 0 Å². The van der Waals surface area contributed by atoms with Crippen molar-refractivity contribution in [3.8, 4) is 0 Å². The molecule has 1 atom stereocenters. The van der Waals surface area contributed by atoms with Gasteiger partial charge in [-0.15, -0.1) is 11.3 Å². The zero-order valence-corrected chi connectivity index (χ0v) is 17.4. The van der Waals surface area contributed by atoms with Crippen molar-refractivity contribution in [3.05, 3.63) is 58.6 Å². The van der Waals surface area contributed by atoms with Crippen molar-refractivity contribution in [3.63, 3.8) is 0 Å². The number of nitrogens with one attached hydrogen (secondary N) is 1. The van der Waals surface area contributed by atoms with Gasteiger partial charge in [-0.2, -0.15) is 13.2 Å². The number of rotatable bonds is 6. The number of anilines is 1. The van der Waals surface area contributed by atoms with Crippen molar-refractivity contribution in [2.75, 3.05) is 11.9 Å². The molecule has 3 nitrogen and oxygen atoms in total. The van der Waals surface area contributed by atoms with Gasteiger partial charge >= 0.3 is 6.18 Å². The highest BCUT2D eigenvalue weighted by Gasteiger charge is 2.56. The van der Waals surface area contributed by atoms with E-state index in [0.717, 1.165) is 23.2 Å². The number of aryl methyl sites for hydroxylation is 1.